The molecule has 0 bridgehead atoms. The largest absolute Gasteiger partial charge is 0.477 e. The molecule has 0 fully saturated rings. The quantitative estimate of drug-likeness (QED) is 0.0213. The van der Waals surface area contributed by atoms with Gasteiger partial charge in [0.15, 0.2) is 6.10 Å². The van der Waals surface area contributed by atoms with Gasteiger partial charge in [-0.15, -0.1) is 0 Å². The smallest absolute Gasteiger partial charge is 0.361 e. The van der Waals surface area contributed by atoms with Crippen molar-refractivity contribution in [2.24, 2.45) is 0 Å². The second-order valence-electron chi connectivity index (χ2n) is 16.7. The van der Waals surface area contributed by atoms with Crippen molar-refractivity contribution in [1.82, 2.24) is 0 Å². The topological polar surface area (TPSA) is 108 Å². The Morgan fingerprint density at radius 3 is 1.48 bits per heavy atom. The normalized spacial score (nSPS) is 13.3. The molecule has 0 radical (unpaired) electrons. The zero-order valence-corrected chi connectivity index (χ0v) is 37.9. The van der Waals surface area contributed by atoms with Crippen LogP contribution in [-0.2, 0) is 33.3 Å². The van der Waals surface area contributed by atoms with Gasteiger partial charge < -0.3 is 28.5 Å². The number of rotatable bonds is 42. The van der Waals surface area contributed by atoms with Gasteiger partial charge in [0.25, 0.3) is 6.29 Å². The summed E-state index contributed by atoms with van der Waals surface area (Å²) in [5.74, 6) is -2.03. The standard InChI is InChI=1S/C49H87NO8/c1-6-8-10-12-14-16-18-20-22-24-26-28-30-32-34-36-38-40-47(52)58-45(44-57-49(48(53)54)55-42-41-50(3,4)5)43-56-46(51)39-37-35-33-31-29-27-25-23-21-19-17-15-13-11-9-7-2/h8,10,14,16,20,22-23,25,45,49H,6-7,9,11-13,15,17-19,21,24,26-44H2,1-5H3/p+1/b10-8-,16-14-,22-20-,25-23-. The fraction of sp³-hybridized carbons (Fsp3) is 0.776. The van der Waals surface area contributed by atoms with Crippen LogP contribution in [0, 0.1) is 0 Å². The molecule has 336 valence electrons. The van der Waals surface area contributed by atoms with Crippen LogP contribution < -0.4 is 0 Å². The van der Waals surface area contributed by atoms with E-state index in [9.17, 15) is 19.5 Å². The Hall–Kier alpha value is -2.75. The minimum absolute atomic E-state index is 0.183. The predicted octanol–water partition coefficient (Wildman–Crippen LogP) is 12.4. The Bertz CT molecular complexity index is 1090. The van der Waals surface area contributed by atoms with E-state index >= 15 is 0 Å². The van der Waals surface area contributed by atoms with Gasteiger partial charge in [-0.3, -0.25) is 9.59 Å². The van der Waals surface area contributed by atoms with Gasteiger partial charge in [0.05, 0.1) is 34.4 Å². The SMILES string of the molecule is CC/C=C\C/C=C\C/C=C\CCCCCCCCCC(=O)OC(COC(=O)CCCCCCC/C=C\CCCCCCCCC)COC(OCC[N+](C)(C)C)C(=O)O. The van der Waals surface area contributed by atoms with E-state index in [1.807, 2.05) is 21.1 Å². The maximum Gasteiger partial charge on any atom is 0.361 e. The zero-order chi connectivity index (χ0) is 42.8. The lowest BCUT2D eigenvalue weighted by Crippen LogP contribution is -2.40. The molecule has 58 heavy (non-hydrogen) atoms. The number of esters is 2. The molecule has 0 spiro atoms. The Morgan fingerprint density at radius 1 is 0.534 bits per heavy atom. The van der Waals surface area contributed by atoms with E-state index in [1.54, 1.807) is 0 Å². The van der Waals surface area contributed by atoms with E-state index < -0.39 is 24.3 Å². The van der Waals surface area contributed by atoms with Crippen molar-refractivity contribution in [2.45, 2.75) is 200 Å². The molecule has 0 amide bonds. The number of hydrogen-bond donors (Lipinski definition) is 1. The first-order valence-corrected chi connectivity index (χ1v) is 23.3. The van der Waals surface area contributed by atoms with Crippen LogP contribution in [0.4, 0.5) is 0 Å². The molecule has 2 unspecified atom stereocenters. The van der Waals surface area contributed by atoms with E-state index in [0.717, 1.165) is 83.5 Å². The molecule has 0 saturated carbocycles. The Labute approximate surface area is 355 Å². The summed E-state index contributed by atoms with van der Waals surface area (Å²) in [5.41, 5.74) is 0. The fourth-order valence-electron chi connectivity index (χ4n) is 6.20. The van der Waals surface area contributed by atoms with Crippen molar-refractivity contribution in [3.8, 4) is 0 Å². The predicted molar refractivity (Wildman–Crippen MR) is 240 cm³/mol. The summed E-state index contributed by atoms with van der Waals surface area (Å²) < 4.78 is 22.7. The van der Waals surface area contributed by atoms with E-state index in [0.29, 0.717) is 17.4 Å². The van der Waals surface area contributed by atoms with Gasteiger partial charge in [-0.05, 0) is 70.6 Å². The minimum Gasteiger partial charge on any atom is -0.477 e. The first-order chi connectivity index (χ1) is 28.1. The second kappa shape index (κ2) is 41.0. The molecule has 2 atom stereocenters. The monoisotopic (exact) mass is 819 g/mol. The lowest BCUT2D eigenvalue weighted by atomic mass is 10.1. The Morgan fingerprint density at radius 2 is 0.983 bits per heavy atom. The van der Waals surface area contributed by atoms with Gasteiger partial charge in [-0.25, -0.2) is 4.79 Å². The van der Waals surface area contributed by atoms with Gasteiger partial charge in [-0.1, -0.05) is 152 Å². The van der Waals surface area contributed by atoms with Gasteiger partial charge in [-0.2, -0.15) is 0 Å². The molecule has 0 heterocycles. The summed E-state index contributed by atoms with van der Waals surface area (Å²) in [5, 5.41) is 9.64. The highest BCUT2D eigenvalue weighted by Gasteiger charge is 2.25. The number of likely N-dealkylation sites (N-methyl/N-ethyl adjacent to an activating group) is 1. The molecule has 0 aromatic carbocycles. The summed E-state index contributed by atoms with van der Waals surface area (Å²) in [7, 11) is 5.95. The van der Waals surface area contributed by atoms with Crippen LogP contribution in [-0.4, -0.2) is 87.4 Å². The molecular weight excluding hydrogens is 731 g/mol. The van der Waals surface area contributed by atoms with Crippen LogP contribution >= 0.6 is 0 Å². The van der Waals surface area contributed by atoms with Crippen LogP contribution in [0.15, 0.2) is 48.6 Å². The number of nitrogens with zero attached hydrogens (tertiary/aromatic N) is 1. The van der Waals surface area contributed by atoms with Crippen LogP contribution in [0.3, 0.4) is 0 Å². The molecule has 0 aliphatic rings. The average Bonchev–Trinajstić information content (AvgIpc) is 3.18. The summed E-state index contributed by atoms with van der Waals surface area (Å²) in [6.45, 7) is 4.73. The van der Waals surface area contributed by atoms with E-state index in [1.165, 1.54) is 70.6 Å². The summed E-state index contributed by atoms with van der Waals surface area (Å²) in [4.78, 5) is 37.1. The molecule has 0 aliphatic heterocycles. The lowest BCUT2D eigenvalue weighted by Gasteiger charge is -2.25. The fourth-order valence-corrected chi connectivity index (χ4v) is 6.20. The number of carbonyl (C=O) groups is 3. The number of aliphatic carboxylic acids is 1. The number of carboxylic acids is 1. The van der Waals surface area contributed by atoms with Crippen molar-refractivity contribution < 1.29 is 42.9 Å². The van der Waals surface area contributed by atoms with Crippen molar-refractivity contribution >= 4 is 17.9 Å². The number of allylic oxidation sites excluding steroid dienone is 8. The lowest BCUT2D eigenvalue weighted by molar-refractivity contribution is -0.870. The highest BCUT2D eigenvalue weighted by atomic mass is 16.7. The molecule has 0 saturated heterocycles. The molecule has 9 heteroatoms. The Kier molecular flexibility index (Phi) is 39.1. The first kappa shape index (κ1) is 55.2. The number of hydrogen-bond acceptors (Lipinski definition) is 7. The van der Waals surface area contributed by atoms with Crippen molar-refractivity contribution in [2.75, 3.05) is 47.5 Å². The molecule has 0 rings (SSSR count). The number of carbonyl (C=O) groups excluding carboxylic acids is 2. The summed E-state index contributed by atoms with van der Waals surface area (Å²) in [6.07, 6.45) is 44.5. The number of carboxylic acid groups (broad SMARTS) is 1. The molecule has 0 aromatic heterocycles. The van der Waals surface area contributed by atoms with Gasteiger partial charge in [0.2, 0.25) is 0 Å². The summed E-state index contributed by atoms with van der Waals surface area (Å²) in [6, 6.07) is 0. The number of quaternary nitrogens is 1. The summed E-state index contributed by atoms with van der Waals surface area (Å²) >= 11 is 0. The third kappa shape index (κ3) is 41.4. The van der Waals surface area contributed by atoms with E-state index in [-0.39, 0.29) is 38.6 Å². The van der Waals surface area contributed by atoms with E-state index in [4.69, 9.17) is 18.9 Å². The molecule has 0 aromatic rings. The van der Waals surface area contributed by atoms with Crippen LogP contribution in [0.2, 0.25) is 0 Å². The highest BCUT2D eigenvalue weighted by molar-refractivity contribution is 5.71. The minimum atomic E-state index is -1.51. The van der Waals surface area contributed by atoms with Gasteiger partial charge in [0.1, 0.15) is 13.2 Å². The zero-order valence-electron chi connectivity index (χ0n) is 37.9. The Balaban J connectivity index is 4.44. The van der Waals surface area contributed by atoms with Crippen LogP contribution in [0.5, 0.6) is 0 Å². The van der Waals surface area contributed by atoms with Gasteiger partial charge in [0, 0.05) is 12.8 Å². The first-order valence-electron chi connectivity index (χ1n) is 23.3. The third-order valence-corrected chi connectivity index (χ3v) is 9.82. The van der Waals surface area contributed by atoms with Crippen LogP contribution in [0.1, 0.15) is 187 Å². The second-order valence-corrected chi connectivity index (χ2v) is 16.7. The maximum absolute atomic E-state index is 12.8. The van der Waals surface area contributed by atoms with E-state index in [2.05, 4.69) is 62.5 Å². The molecule has 1 N–H and O–H groups in total. The van der Waals surface area contributed by atoms with Crippen molar-refractivity contribution in [1.29, 1.82) is 0 Å². The van der Waals surface area contributed by atoms with Crippen molar-refractivity contribution in [3.05, 3.63) is 48.6 Å². The van der Waals surface area contributed by atoms with Gasteiger partial charge >= 0.3 is 17.9 Å². The van der Waals surface area contributed by atoms with Crippen molar-refractivity contribution in [3.63, 3.8) is 0 Å². The molecular formula is C49H88NO8+. The maximum atomic E-state index is 12.8. The number of unbranched alkanes of at least 4 members (excludes halogenated alkanes) is 19. The van der Waals surface area contributed by atoms with Crippen LogP contribution in [0.25, 0.3) is 0 Å². The average molecular weight is 819 g/mol. The molecule has 9 nitrogen and oxygen atoms in total. The highest BCUT2D eigenvalue weighted by Crippen LogP contribution is 2.14. The molecule has 0 aliphatic carbocycles. The number of ether oxygens (including phenoxy) is 4. The third-order valence-electron chi connectivity index (χ3n) is 9.82.